The first-order valence-corrected chi connectivity index (χ1v) is 9.14. The number of hydrogen-bond acceptors (Lipinski definition) is 1. The molecule has 0 rings (SSSR count). The maximum Gasteiger partial charge on any atom is -0.00464 e. The molecule has 1 nitrogen and oxygen atoms in total. The third-order valence-electron chi connectivity index (χ3n) is 5.39. The van der Waals surface area contributed by atoms with Gasteiger partial charge < -0.3 is 5.32 Å². The van der Waals surface area contributed by atoms with Crippen molar-refractivity contribution in [1.29, 1.82) is 0 Å². The van der Waals surface area contributed by atoms with Gasteiger partial charge in [-0.1, -0.05) is 67.7 Å². The highest BCUT2D eigenvalue weighted by Crippen LogP contribution is 2.33. The van der Waals surface area contributed by atoms with Crippen LogP contribution in [-0.2, 0) is 0 Å². The van der Waals surface area contributed by atoms with Gasteiger partial charge in [-0.25, -0.2) is 0 Å². The highest BCUT2D eigenvalue weighted by Gasteiger charge is 2.24. The minimum Gasteiger partial charge on any atom is -0.317 e. The van der Waals surface area contributed by atoms with Gasteiger partial charge in [0.05, 0.1) is 0 Å². The Kier molecular flexibility index (Phi) is 11.6. The second-order valence-corrected chi connectivity index (χ2v) is 7.33. The van der Waals surface area contributed by atoms with Gasteiger partial charge in [-0.15, -0.1) is 0 Å². The fourth-order valence-electron chi connectivity index (χ4n) is 3.30. The topological polar surface area (TPSA) is 12.0 Å². The van der Waals surface area contributed by atoms with E-state index in [0.717, 1.165) is 36.1 Å². The lowest BCUT2D eigenvalue weighted by Gasteiger charge is -2.32. The molecule has 0 aliphatic carbocycles. The Morgan fingerprint density at radius 3 is 2.00 bits per heavy atom. The summed E-state index contributed by atoms with van der Waals surface area (Å²) in [6, 6.07) is 0. The predicted molar refractivity (Wildman–Crippen MR) is 93.1 cm³/mol. The SMILES string of the molecule is CCNCCC(C)C(C)C(CCCC(C)CC)C(C)C. The maximum atomic E-state index is 3.47. The molecule has 0 heterocycles. The molecule has 0 aromatic rings. The van der Waals surface area contributed by atoms with Gasteiger partial charge in [0, 0.05) is 0 Å². The normalized spacial score (nSPS) is 18.0. The fraction of sp³-hybridized carbons (Fsp3) is 1.00. The minimum absolute atomic E-state index is 0.823. The molecule has 0 aliphatic heterocycles. The van der Waals surface area contributed by atoms with Gasteiger partial charge in [0.25, 0.3) is 0 Å². The first-order valence-electron chi connectivity index (χ1n) is 9.14. The van der Waals surface area contributed by atoms with Gasteiger partial charge in [-0.3, -0.25) is 0 Å². The van der Waals surface area contributed by atoms with Crippen LogP contribution in [0.2, 0.25) is 0 Å². The Bertz CT molecular complexity index is 212. The van der Waals surface area contributed by atoms with E-state index in [-0.39, 0.29) is 0 Å². The predicted octanol–water partition coefficient (Wildman–Crippen LogP) is 5.75. The molecule has 20 heavy (non-hydrogen) atoms. The molecule has 4 atom stereocenters. The molecule has 0 bridgehead atoms. The molecule has 122 valence electrons. The van der Waals surface area contributed by atoms with Crippen LogP contribution in [-0.4, -0.2) is 13.1 Å². The molecule has 1 N–H and O–H groups in total. The summed E-state index contributed by atoms with van der Waals surface area (Å²) in [5.41, 5.74) is 0. The van der Waals surface area contributed by atoms with Crippen molar-refractivity contribution in [2.45, 2.75) is 80.6 Å². The van der Waals surface area contributed by atoms with Crippen LogP contribution in [0.4, 0.5) is 0 Å². The van der Waals surface area contributed by atoms with Crippen molar-refractivity contribution in [2.24, 2.45) is 29.6 Å². The minimum atomic E-state index is 0.823. The molecular weight excluding hydrogens is 242 g/mol. The highest BCUT2D eigenvalue weighted by molar-refractivity contribution is 4.75. The second kappa shape index (κ2) is 11.6. The van der Waals surface area contributed by atoms with Crippen molar-refractivity contribution < 1.29 is 0 Å². The maximum absolute atomic E-state index is 3.47. The standard InChI is InChI=1S/C19H41N/c1-8-16(5)11-10-12-19(15(3)4)18(7)17(6)13-14-20-9-2/h15-20H,8-14H2,1-7H3. The quantitative estimate of drug-likeness (QED) is 0.450. The molecular formula is C19H41N. The Labute approximate surface area is 129 Å². The Morgan fingerprint density at radius 2 is 1.50 bits per heavy atom. The molecule has 0 saturated heterocycles. The zero-order valence-corrected chi connectivity index (χ0v) is 15.3. The van der Waals surface area contributed by atoms with E-state index in [1.807, 2.05) is 0 Å². The number of rotatable bonds is 12. The van der Waals surface area contributed by atoms with Gasteiger partial charge in [0.2, 0.25) is 0 Å². The van der Waals surface area contributed by atoms with Crippen molar-refractivity contribution >= 4 is 0 Å². The average molecular weight is 284 g/mol. The Balaban J connectivity index is 4.20. The van der Waals surface area contributed by atoms with Crippen LogP contribution in [0.5, 0.6) is 0 Å². The summed E-state index contributed by atoms with van der Waals surface area (Å²) in [4.78, 5) is 0. The summed E-state index contributed by atoms with van der Waals surface area (Å²) >= 11 is 0. The highest BCUT2D eigenvalue weighted by atomic mass is 14.8. The monoisotopic (exact) mass is 283 g/mol. The van der Waals surface area contributed by atoms with Crippen molar-refractivity contribution in [3.8, 4) is 0 Å². The molecule has 0 fully saturated rings. The van der Waals surface area contributed by atoms with Crippen LogP contribution in [0, 0.1) is 29.6 Å². The lowest BCUT2D eigenvalue weighted by Crippen LogP contribution is -2.26. The number of hydrogen-bond donors (Lipinski definition) is 1. The molecule has 4 unspecified atom stereocenters. The van der Waals surface area contributed by atoms with E-state index >= 15 is 0 Å². The second-order valence-electron chi connectivity index (χ2n) is 7.33. The van der Waals surface area contributed by atoms with Crippen molar-refractivity contribution in [1.82, 2.24) is 5.32 Å². The smallest absolute Gasteiger partial charge is 0.00464 e. The Morgan fingerprint density at radius 1 is 0.850 bits per heavy atom. The summed E-state index contributed by atoms with van der Waals surface area (Å²) in [5.74, 6) is 4.32. The van der Waals surface area contributed by atoms with Gasteiger partial charge in [-0.2, -0.15) is 0 Å². The largest absolute Gasteiger partial charge is 0.317 e. The van der Waals surface area contributed by atoms with Crippen LogP contribution in [0.15, 0.2) is 0 Å². The van der Waals surface area contributed by atoms with Gasteiger partial charge in [0.15, 0.2) is 0 Å². The molecule has 1 heteroatoms. The molecule has 0 aromatic heterocycles. The summed E-state index contributed by atoms with van der Waals surface area (Å²) in [6.45, 7) is 19.0. The van der Waals surface area contributed by atoms with E-state index in [1.54, 1.807) is 0 Å². The Hall–Kier alpha value is -0.0400. The lowest BCUT2D eigenvalue weighted by molar-refractivity contribution is 0.178. The molecule has 0 radical (unpaired) electrons. The zero-order chi connectivity index (χ0) is 15.5. The summed E-state index contributed by atoms with van der Waals surface area (Å²) in [6.07, 6.45) is 6.92. The van der Waals surface area contributed by atoms with Crippen LogP contribution >= 0.6 is 0 Å². The van der Waals surface area contributed by atoms with Crippen LogP contribution in [0.3, 0.4) is 0 Å². The van der Waals surface area contributed by atoms with Crippen molar-refractivity contribution in [2.75, 3.05) is 13.1 Å². The molecule has 0 saturated carbocycles. The van der Waals surface area contributed by atoms with E-state index in [9.17, 15) is 0 Å². The van der Waals surface area contributed by atoms with Crippen LogP contribution in [0.25, 0.3) is 0 Å². The molecule has 0 amide bonds. The third kappa shape index (κ3) is 8.29. The van der Waals surface area contributed by atoms with Crippen LogP contribution < -0.4 is 5.32 Å². The van der Waals surface area contributed by atoms with Gasteiger partial charge >= 0.3 is 0 Å². The fourth-order valence-corrected chi connectivity index (χ4v) is 3.30. The van der Waals surface area contributed by atoms with E-state index in [4.69, 9.17) is 0 Å². The first kappa shape index (κ1) is 20.0. The van der Waals surface area contributed by atoms with E-state index in [1.165, 1.54) is 38.6 Å². The van der Waals surface area contributed by atoms with E-state index < -0.39 is 0 Å². The van der Waals surface area contributed by atoms with Crippen LogP contribution in [0.1, 0.15) is 80.6 Å². The molecule has 0 aromatic carbocycles. The molecule has 0 spiro atoms. The summed E-state index contributed by atoms with van der Waals surface area (Å²) in [5, 5.41) is 3.47. The number of nitrogens with one attached hydrogen (secondary N) is 1. The van der Waals surface area contributed by atoms with Gasteiger partial charge in [0.1, 0.15) is 0 Å². The zero-order valence-electron chi connectivity index (χ0n) is 15.3. The third-order valence-corrected chi connectivity index (χ3v) is 5.39. The van der Waals surface area contributed by atoms with Gasteiger partial charge in [-0.05, 0) is 55.5 Å². The summed E-state index contributed by atoms with van der Waals surface area (Å²) < 4.78 is 0. The van der Waals surface area contributed by atoms with Crippen molar-refractivity contribution in [3.05, 3.63) is 0 Å². The van der Waals surface area contributed by atoms with E-state index in [2.05, 4.69) is 53.8 Å². The summed E-state index contributed by atoms with van der Waals surface area (Å²) in [7, 11) is 0. The lowest BCUT2D eigenvalue weighted by atomic mass is 9.74. The first-order chi connectivity index (χ1) is 9.43. The molecule has 0 aliphatic rings. The van der Waals surface area contributed by atoms with E-state index in [0.29, 0.717) is 0 Å². The van der Waals surface area contributed by atoms with Crippen molar-refractivity contribution in [3.63, 3.8) is 0 Å². The average Bonchev–Trinajstić information content (AvgIpc) is 2.42.